The molecule has 1 amide bonds. The summed E-state index contributed by atoms with van der Waals surface area (Å²) >= 11 is 0. The summed E-state index contributed by atoms with van der Waals surface area (Å²) in [5, 5.41) is 25.1. The minimum absolute atomic E-state index is 0.0492. The summed E-state index contributed by atoms with van der Waals surface area (Å²) in [6.07, 6.45) is -1.15. The topological polar surface area (TPSA) is 134 Å². The van der Waals surface area contributed by atoms with Crippen LogP contribution in [-0.2, 0) is 9.53 Å². The number of carbonyl (C=O) groups is 2. The number of ether oxygens (including phenoxy) is 1. The summed E-state index contributed by atoms with van der Waals surface area (Å²) in [6, 6.07) is 12.0. The zero-order valence-electron chi connectivity index (χ0n) is 14.6. The highest BCUT2D eigenvalue weighted by Gasteiger charge is 2.22. The Balaban J connectivity index is 2.08. The average molecular weight is 368 g/mol. The maximum Gasteiger partial charge on any atom is 0.339 e. The summed E-state index contributed by atoms with van der Waals surface area (Å²) in [6.45, 7) is 1.37. The standard InChI is InChI=1S/C18H16N4O5/c1-11(17(23)21-14-5-3-4-12(8-14)10-19)27-18(24)13-6-7-15(20-2)16(9-13)22(25)26/h3-9,11,20H,1-2H3,(H,21,23)/t11-/m0/s1. The predicted molar refractivity (Wildman–Crippen MR) is 97.3 cm³/mol. The van der Waals surface area contributed by atoms with Crippen LogP contribution in [0.5, 0.6) is 0 Å². The fourth-order valence-corrected chi connectivity index (χ4v) is 2.21. The van der Waals surface area contributed by atoms with Crippen LogP contribution in [0.25, 0.3) is 0 Å². The molecule has 0 spiro atoms. The van der Waals surface area contributed by atoms with Crippen molar-refractivity contribution in [2.45, 2.75) is 13.0 Å². The second kappa shape index (κ2) is 8.44. The third-order valence-corrected chi connectivity index (χ3v) is 3.61. The molecule has 0 saturated carbocycles. The molecule has 2 N–H and O–H groups in total. The molecule has 0 fully saturated rings. The Morgan fingerprint density at radius 3 is 2.63 bits per heavy atom. The van der Waals surface area contributed by atoms with Crippen molar-refractivity contribution in [2.24, 2.45) is 0 Å². The lowest BCUT2D eigenvalue weighted by atomic mass is 10.1. The van der Waals surface area contributed by atoms with E-state index < -0.39 is 22.9 Å². The third-order valence-electron chi connectivity index (χ3n) is 3.61. The van der Waals surface area contributed by atoms with Crippen LogP contribution in [0.3, 0.4) is 0 Å². The van der Waals surface area contributed by atoms with Crippen LogP contribution in [-0.4, -0.2) is 30.0 Å². The first kappa shape index (κ1) is 19.4. The van der Waals surface area contributed by atoms with Crippen LogP contribution >= 0.6 is 0 Å². The monoisotopic (exact) mass is 368 g/mol. The van der Waals surface area contributed by atoms with Crippen LogP contribution in [0, 0.1) is 21.4 Å². The lowest BCUT2D eigenvalue weighted by molar-refractivity contribution is -0.384. The lowest BCUT2D eigenvalue weighted by Gasteiger charge is -2.14. The van der Waals surface area contributed by atoms with Gasteiger partial charge in [0.05, 0.1) is 22.1 Å². The highest BCUT2D eigenvalue weighted by Crippen LogP contribution is 2.25. The fourth-order valence-electron chi connectivity index (χ4n) is 2.21. The molecule has 0 unspecified atom stereocenters. The zero-order valence-corrected chi connectivity index (χ0v) is 14.6. The first-order chi connectivity index (χ1) is 12.8. The quantitative estimate of drug-likeness (QED) is 0.455. The van der Waals surface area contributed by atoms with Gasteiger partial charge in [-0.3, -0.25) is 14.9 Å². The van der Waals surface area contributed by atoms with Gasteiger partial charge in [-0.25, -0.2) is 4.79 Å². The van der Waals surface area contributed by atoms with E-state index in [9.17, 15) is 19.7 Å². The second-order valence-electron chi connectivity index (χ2n) is 5.47. The van der Waals surface area contributed by atoms with Crippen molar-refractivity contribution in [3.05, 3.63) is 63.7 Å². The van der Waals surface area contributed by atoms with Crippen LogP contribution in [0.1, 0.15) is 22.8 Å². The van der Waals surface area contributed by atoms with Crippen molar-refractivity contribution < 1.29 is 19.2 Å². The number of nitrogens with zero attached hydrogens (tertiary/aromatic N) is 2. The van der Waals surface area contributed by atoms with Crippen molar-refractivity contribution in [1.82, 2.24) is 0 Å². The molecule has 1 atom stereocenters. The van der Waals surface area contributed by atoms with Crippen molar-refractivity contribution in [3.8, 4) is 6.07 Å². The average Bonchev–Trinajstić information content (AvgIpc) is 2.67. The Labute approximate surface area is 154 Å². The Morgan fingerprint density at radius 1 is 1.26 bits per heavy atom. The van der Waals surface area contributed by atoms with Crippen molar-refractivity contribution in [2.75, 3.05) is 17.7 Å². The van der Waals surface area contributed by atoms with E-state index in [1.807, 2.05) is 6.07 Å². The molecule has 0 radical (unpaired) electrons. The smallest absolute Gasteiger partial charge is 0.339 e. The molecule has 0 bridgehead atoms. The molecule has 0 heterocycles. The van der Waals surface area contributed by atoms with Crippen molar-refractivity contribution in [1.29, 1.82) is 5.26 Å². The molecule has 0 aliphatic heterocycles. The minimum Gasteiger partial charge on any atom is -0.449 e. The van der Waals surface area contributed by atoms with Gasteiger partial charge in [0.2, 0.25) is 0 Å². The highest BCUT2D eigenvalue weighted by molar-refractivity contribution is 5.98. The molecule has 2 aromatic rings. The first-order valence-corrected chi connectivity index (χ1v) is 7.84. The maximum absolute atomic E-state index is 12.2. The molecule has 0 aliphatic carbocycles. The Kier molecular flexibility index (Phi) is 6.06. The zero-order chi connectivity index (χ0) is 20.0. The highest BCUT2D eigenvalue weighted by atomic mass is 16.6. The van der Waals surface area contributed by atoms with E-state index in [1.54, 1.807) is 18.2 Å². The van der Waals surface area contributed by atoms with E-state index in [0.717, 1.165) is 6.07 Å². The number of rotatable bonds is 6. The molecule has 2 aromatic carbocycles. The summed E-state index contributed by atoms with van der Waals surface area (Å²) in [5.74, 6) is -1.46. The lowest BCUT2D eigenvalue weighted by Crippen LogP contribution is -2.30. The van der Waals surface area contributed by atoms with Gasteiger partial charge in [0.15, 0.2) is 6.10 Å². The summed E-state index contributed by atoms with van der Waals surface area (Å²) in [5.41, 5.74) is 0.675. The Bertz CT molecular complexity index is 936. The second-order valence-corrected chi connectivity index (χ2v) is 5.47. The summed E-state index contributed by atoms with van der Waals surface area (Å²) in [4.78, 5) is 34.8. The van der Waals surface area contributed by atoms with Gasteiger partial charge < -0.3 is 15.4 Å². The number of nitriles is 1. The van der Waals surface area contributed by atoms with Gasteiger partial charge in [-0.15, -0.1) is 0 Å². The number of nitrogens with one attached hydrogen (secondary N) is 2. The predicted octanol–water partition coefficient (Wildman–Crippen LogP) is 2.69. The van der Waals surface area contributed by atoms with Gasteiger partial charge in [-0.05, 0) is 37.3 Å². The molecule has 0 saturated heterocycles. The molecule has 2 rings (SSSR count). The largest absolute Gasteiger partial charge is 0.449 e. The van der Waals surface area contributed by atoms with Crippen LogP contribution in [0.4, 0.5) is 17.1 Å². The Morgan fingerprint density at radius 2 is 2.00 bits per heavy atom. The van der Waals surface area contributed by atoms with E-state index in [0.29, 0.717) is 11.3 Å². The number of benzene rings is 2. The van der Waals surface area contributed by atoms with E-state index in [-0.39, 0.29) is 16.9 Å². The van der Waals surface area contributed by atoms with Crippen molar-refractivity contribution in [3.63, 3.8) is 0 Å². The summed E-state index contributed by atoms with van der Waals surface area (Å²) in [7, 11) is 1.52. The minimum atomic E-state index is -1.15. The normalized spacial score (nSPS) is 11.0. The van der Waals surface area contributed by atoms with Gasteiger partial charge in [0.1, 0.15) is 5.69 Å². The Hall–Kier alpha value is -3.93. The molecule has 9 nitrogen and oxygen atoms in total. The number of nitro benzene ring substituents is 1. The van der Waals surface area contributed by atoms with Gasteiger partial charge in [-0.1, -0.05) is 6.07 Å². The van der Waals surface area contributed by atoms with Crippen LogP contribution in [0.15, 0.2) is 42.5 Å². The van der Waals surface area contributed by atoms with Gasteiger partial charge >= 0.3 is 5.97 Å². The molecule has 9 heteroatoms. The number of anilines is 2. The molecule has 0 aliphatic rings. The van der Waals surface area contributed by atoms with E-state index in [2.05, 4.69) is 10.6 Å². The number of esters is 1. The third kappa shape index (κ3) is 4.79. The first-order valence-electron chi connectivity index (χ1n) is 7.84. The number of amides is 1. The van der Waals surface area contributed by atoms with Gasteiger partial charge in [0.25, 0.3) is 11.6 Å². The van der Waals surface area contributed by atoms with Gasteiger partial charge in [0, 0.05) is 18.8 Å². The van der Waals surface area contributed by atoms with E-state index in [1.165, 1.54) is 32.2 Å². The molecule has 0 aromatic heterocycles. The number of carbonyl (C=O) groups excluding carboxylic acids is 2. The van der Waals surface area contributed by atoms with Crippen LogP contribution < -0.4 is 10.6 Å². The number of hydrogen-bond donors (Lipinski definition) is 2. The van der Waals surface area contributed by atoms with Crippen LogP contribution in [0.2, 0.25) is 0 Å². The number of hydrogen-bond acceptors (Lipinski definition) is 7. The van der Waals surface area contributed by atoms with Gasteiger partial charge in [-0.2, -0.15) is 5.26 Å². The van der Waals surface area contributed by atoms with Crippen molar-refractivity contribution >= 4 is 28.9 Å². The maximum atomic E-state index is 12.2. The summed E-state index contributed by atoms with van der Waals surface area (Å²) < 4.78 is 5.08. The molecular weight excluding hydrogens is 352 g/mol. The molecule has 27 heavy (non-hydrogen) atoms. The van der Waals surface area contributed by atoms with E-state index >= 15 is 0 Å². The molecular formula is C18H16N4O5. The number of nitro groups is 1. The molecule has 138 valence electrons. The SMILES string of the molecule is CNc1ccc(C(=O)O[C@@H](C)C(=O)Nc2cccc(C#N)c2)cc1[N+](=O)[O-]. The fraction of sp³-hybridized carbons (Fsp3) is 0.167. The van der Waals surface area contributed by atoms with E-state index in [4.69, 9.17) is 10.00 Å².